The van der Waals surface area contributed by atoms with E-state index in [2.05, 4.69) is 33.4 Å². The van der Waals surface area contributed by atoms with Gasteiger partial charge in [0.25, 0.3) is 0 Å². The molecular formula is C21H26O2. The van der Waals surface area contributed by atoms with Crippen LogP contribution < -0.4 is 0 Å². The van der Waals surface area contributed by atoms with Crippen LogP contribution in [0.25, 0.3) is 0 Å². The lowest BCUT2D eigenvalue weighted by molar-refractivity contribution is 0.466. The van der Waals surface area contributed by atoms with Crippen LogP contribution in [0.4, 0.5) is 0 Å². The van der Waals surface area contributed by atoms with Gasteiger partial charge in [0, 0.05) is 5.41 Å². The minimum absolute atomic E-state index is 0.209. The molecule has 2 aromatic rings. The molecule has 2 aromatic carbocycles. The molecule has 0 aliphatic heterocycles. The second-order valence-corrected chi connectivity index (χ2v) is 6.55. The summed E-state index contributed by atoms with van der Waals surface area (Å²) in [6.07, 6.45) is 4.31. The van der Waals surface area contributed by atoms with Gasteiger partial charge in [-0.2, -0.15) is 0 Å². The van der Waals surface area contributed by atoms with Crippen LogP contribution in [0, 0.1) is 0 Å². The number of rotatable bonds is 6. The zero-order chi connectivity index (χ0) is 17.0. The predicted octanol–water partition coefficient (Wildman–Crippen LogP) is 5.10. The van der Waals surface area contributed by atoms with Gasteiger partial charge in [0.2, 0.25) is 0 Å². The van der Waals surface area contributed by atoms with Crippen LogP contribution in [0.2, 0.25) is 0 Å². The molecule has 23 heavy (non-hydrogen) atoms. The van der Waals surface area contributed by atoms with Gasteiger partial charge >= 0.3 is 0 Å². The SMILES string of the molecule is C=CCc1cc(C(C)(C)c2ccc(O)c(CCC)c2)ccc1O. The van der Waals surface area contributed by atoms with Crippen LogP contribution >= 0.6 is 0 Å². The molecule has 0 aromatic heterocycles. The largest absolute Gasteiger partial charge is 0.508 e. The number of phenolic OH excluding ortho intramolecular Hbond substituents is 2. The van der Waals surface area contributed by atoms with Crippen molar-refractivity contribution in [2.75, 3.05) is 0 Å². The fourth-order valence-corrected chi connectivity index (χ4v) is 2.90. The molecule has 2 nitrogen and oxygen atoms in total. The molecule has 0 unspecified atom stereocenters. The fraction of sp³-hybridized carbons (Fsp3) is 0.333. The first-order valence-corrected chi connectivity index (χ1v) is 8.15. The van der Waals surface area contributed by atoms with Crippen LogP contribution in [0.5, 0.6) is 11.5 Å². The van der Waals surface area contributed by atoms with E-state index in [0.717, 1.165) is 35.1 Å². The van der Waals surface area contributed by atoms with Crippen LogP contribution in [0.1, 0.15) is 49.4 Å². The van der Waals surface area contributed by atoms with E-state index >= 15 is 0 Å². The molecular weight excluding hydrogens is 284 g/mol. The van der Waals surface area contributed by atoms with Crippen molar-refractivity contribution in [3.05, 3.63) is 71.3 Å². The Hall–Kier alpha value is -2.22. The monoisotopic (exact) mass is 310 g/mol. The Morgan fingerprint density at radius 3 is 2.00 bits per heavy atom. The Morgan fingerprint density at radius 2 is 1.48 bits per heavy atom. The number of allylic oxidation sites excluding steroid dienone is 1. The summed E-state index contributed by atoms with van der Waals surface area (Å²) >= 11 is 0. The van der Waals surface area contributed by atoms with E-state index in [1.54, 1.807) is 18.2 Å². The van der Waals surface area contributed by atoms with Crippen LogP contribution in [-0.4, -0.2) is 10.2 Å². The maximum atomic E-state index is 10.0. The first kappa shape index (κ1) is 17.1. The molecule has 2 N–H and O–H groups in total. The van der Waals surface area contributed by atoms with E-state index in [0.29, 0.717) is 17.9 Å². The average Bonchev–Trinajstić information content (AvgIpc) is 2.51. The van der Waals surface area contributed by atoms with E-state index in [-0.39, 0.29) is 5.41 Å². The third-order valence-electron chi connectivity index (χ3n) is 4.49. The summed E-state index contributed by atoms with van der Waals surface area (Å²) in [5, 5.41) is 20.0. The van der Waals surface area contributed by atoms with E-state index in [4.69, 9.17) is 0 Å². The first-order chi connectivity index (χ1) is 10.9. The van der Waals surface area contributed by atoms with Crippen molar-refractivity contribution in [1.29, 1.82) is 0 Å². The number of aryl methyl sites for hydroxylation is 1. The van der Waals surface area contributed by atoms with Crippen molar-refractivity contribution >= 4 is 0 Å². The Bertz CT molecular complexity index is 699. The number of aromatic hydroxyl groups is 2. The molecule has 0 aliphatic rings. The molecule has 0 atom stereocenters. The highest BCUT2D eigenvalue weighted by Crippen LogP contribution is 2.36. The van der Waals surface area contributed by atoms with Crippen molar-refractivity contribution in [2.45, 2.75) is 45.4 Å². The minimum Gasteiger partial charge on any atom is -0.508 e. The van der Waals surface area contributed by atoms with Gasteiger partial charge in [-0.1, -0.05) is 57.5 Å². The second-order valence-electron chi connectivity index (χ2n) is 6.55. The van der Waals surface area contributed by atoms with Gasteiger partial charge in [-0.25, -0.2) is 0 Å². The number of hydrogen-bond acceptors (Lipinski definition) is 2. The van der Waals surface area contributed by atoms with Gasteiger partial charge in [-0.15, -0.1) is 6.58 Å². The minimum atomic E-state index is -0.209. The molecule has 0 saturated carbocycles. The van der Waals surface area contributed by atoms with Gasteiger partial charge in [-0.3, -0.25) is 0 Å². The third-order valence-corrected chi connectivity index (χ3v) is 4.49. The smallest absolute Gasteiger partial charge is 0.119 e. The number of benzene rings is 2. The lowest BCUT2D eigenvalue weighted by Crippen LogP contribution is -2.19. The Kier molecular flexibility index (Phi) is 5.15. The van der Waals surface area contributed by atoms with Crippen molar-refractivity contribution in [2.24, 2.45) is 0 Å². The van der Waals surface area contributed by atoms with E-state index in [9.17, 15) is 10.2 Å². The molecule has 0 saturated heterocycles. The predicted molar refractivity (Wildman–Crippen MR) is 96.2 cm³/mol. The van der Waals surface area contributed by atoms with E-state index in [1.807, 2.05) is 18.2 Å². The number of phenols is 2. The third kappa shape index (κ3) is 3.58. The lowest BCUT2D eigenvalue weighted by atomic mass is 9.76. The Morgan fingerprint density at radius 1 is 0.957 bits per heavy atom. The highest BCUT2D eigenvalue weighted by Gasteiger charge is 2.24. The van der Waals surface area contributed by atoms with Gasteiger partial charge in [0.1, 0.15) is 11.5 Å². The van der Waals surface area contributed by atoms with E-state index < -0.39 is 0 Å². The van der Waals surface area contributed by atoms with Crippen LogP contribution in [-0.2, 0) is 18.3 Å². The van der Waals surface area contributed by atoms with Crippen molar-refractivity contribution in [3.63, 3.8) is 0 Å². The van der Waals surface area contributed by atoms with Crippen LogP contribution in [0.15, 0.2) is 49.1 Å². The van der Waals surface area contributed by atoms with Crippen molar-refractivity contribution in [1.82, 2.24) is 0 Å². The molecule has 0 amide bonds. The summed E-state index contributed by atoms with van der Waals surface area (Å²) < 4.78 is 0. The maximum Gasteiger partial charge on any atom is 0.119 e. The summed E-state index contributed by atoms with van der Waals surface area (Å²) in [7, 11) is 0. The standard InChI is InChI=1S/C21H26O2/c1-5-7-15-13-17(9-11-19(15)22)21(3,4)18-10-12-20(23)16(14-18)8-6-2/h5,9-14,22-23H,1,6-8H2,2-4H3. The summed E-state index contributed by atoms with van der Waals surface area (Å²) in [5.41, 5.74) is 3.97. The zero-order valence-corrected chi connectivity index (χ0v) is 14.3. The van der Waals surface area contributed by atoms with Gasteiger partial charge in [0.05, 0.1) is 0 Å². The molecule has 0 radical (unpaired) electrons. The first-order valence-electron chi connectivity index (χ1n) is 8.15. The number of hydrogen-bond donors (Lipinski definition) is 2. The topological polar surface area (TPSA) is 40.5 Å². The van der Waals surface area contributed by atoms with Gasteiger partial charge < -0.3 is 10.2 Å². The second kappa shape index (κ2) is 6.91. The fourth-order valence-electron chi connectivity index (χ4n) is 2.90. The molecule has 2 heteroatoms. The summed E-state index contributed by atoms with van der Waals surface area (Å²) in [6.45, 7) is 10.2. The molecule has 0 fully saturated rings. The van der Waals surface area contributed by atoms with Crippen molar-refractivity contribution < 1.29 is 10.2 Å². The lowest BCUT2D eigenvalue weighted by Gasteiger charge is -2.27. The van der Waals surface area contributed by atoms with Crippen LogP contribution in [0.3, 0.4) is 0 Å². The van der Waals surface area contributed by atoms with Gasteiger partial charge in [-0.05, 0) is 47.2 Å². The molecule has 0 spiro atoms. The summed E-state index contributed by atoms with van der Waals surface area (Å²) in [6, 6.07) is 11.6. The van der Waals surface area contributed by atoms with Gasteiger partial charge in [0.15, 0.2) is 0 Å². The molecule has 122 valence electrons. The maximum absolute atomic E-state index is 10.0. The Labute approximate surface area is 139 Å². The molecule has 2 rings (SSSR count). The van der Waals surface area contributed by atoms with E-state index in [1.165, 1.54) is 0 Å². The molecule has 0 bridgehead atoms. The molecule has 0 heterocycles. The average molecular weight is 310 g/mol. The highest BCUT2D eigenvalue weighted by atomic mass is 16.3. The van der Waals surface area contributed by atoms with Crippen molar-refractivity contribution in [3.8, 4) is 11.5 Å². The normalized spacial score (nSPS) is 11.4. The zero-order valence-electron chi connectivity index (χ0n) is 14.3. The Balaban J connectivity index is 2.47. The highest BCUT2D eigenvalue weighted by molar-refractivity contribution is 5.47. The summed E-state index contributed by atoms with van der Waals surface area (Å²) in [5.74, 6) is 0.672. The summed E-state index contributed by atoms with van der Waals surface area (Å²) in [4.78, 5) is 0. The molecule has 0 aliphatic carbocycles. The quantitative estimate of drug-likeness (QED) is 0.728.